The fraction of sp³-hybridized carbons (Fsp3) is 0.529. The second kappa shape index (κ2) is 9.12. The van der Waals surface area contributed by atoms with Crippen LogP contribution >= 0.6 is 24.8 Å². The number of halogens is 5. The van der Waals surface area contributed by atoms with Crippen LogP contribution in [0.2, 0.25) is 0 Å². The van der Waals surface area contributed by atoms with Crippen molar-refractivity contribution in [3.05, 3.63) is 36.0 Å². The Morgan fingerprint density at radius 2 is 1.76 bits per heavy atom. The van der Waals surface area contributed by atoms with Crippen molar-refractivity contribution >= 4 is 35.7 Å². The predicted octanol–water partition coefficient (Wildman–Crippen LogP) is 4.31. The molecule has 25 heavy (non-hydrogen) atoms. The van der Waals surface area contributed by atoms with Crippen LogP contribution < -0.4 is 5.32 Å². The molecule has 1 fully saturated rings. The second-order valence-electron chi connectivity index (χ2n) is 6.17. The van der Waals surface area contributed by atoms with Crippen LogP contribution in [0.3, 0.4) is 0 Å². The van der Waals surface area contributed by atoms with Crippen molar-refractivity contribution in [2.75, 3.05) is 26.2 Å². The Kier molecular flexibility index (Phi) is 8.06. The van der Waals surface area contributed by atoms with Gasteiger partial charge in [-0.15, -0.1) is 24.8 Å². The minimum absolute atomic E-state index is 0. The van der Waals surface area contributed by atoms with E-state index >= 15 is 0 Å². The molecule has 1 saturated heterocycles. The molecule has 0 saturated carbocycles. The Hall–Kier alpha value is -0.950. The van der Waals surface area contributed by atoms with Crippen molar-refractivity contribution in [3.8, 4) is 0 Å². The number of para-hydroxylation sites is 1. The number of hydrogen-bond donors (Lipinski definition) is 1. The monoisotopic (exact) mass is 397 g/mol. The van der Waals surface area contributed by atoms with E-state index < -0.39 is 12.6 Å². The molecule has 3 nitrogen and oxygen atoms in total. The number of aromatic nitrogens is 1. The molecule has 2 heterocycles. The number of alkyl halides is 3. The third-order valence-electron chi connectivity index (χ3n) is 4.58. The lowest BCUT2D eigenvalue weighted by Crippen LogP contribution is -2.45. The maximum atomic E-state index is 12.8. The van der Waals surface area contributed by atoms with Crippen molar-refractivity contribution in [3.63, 3.8) is 0 Å². The molecule has 8 heteroatoms. The van der Waals surface area contributed by atoms with Crippen LogP contribution in [0.25, 0.3) is 10.9 Å². The number of rotatable bonds is 4. The highest BCUT2D eigenvalue weighted by Gasteiger charge is 2.32. The summed E-state index contributed by atoms with van der Waals surface area (Å²) in [4.78, 5) is 2.18. The minimum atomic E-state index is -4.11. The van der Waals surface area contributed by atoms with Crippen molar-refractivity contribution < 1.29 is 13.2 Å². The van der Waals surface area contributed by atoms with Gasteiger partial charge in [0.25, 0.3) is 0 Å². The molecule has 2 aromatic rings. The molecule has 1 aliphatic rings. The van der Waals surface area contributed by atoms with Crippen LogP contribution in [0.15, 0.2) is 30.5 Å². The molecular formula is C17H24Cl2F3N3. The van der Waals surface area contributed by atoms with Crippen LogP contribution in [-0.4, -0.2) is 41.8 Å². The lowest BCUT2D eigenvalue weighted by atomic mass is 9.98. The molecule has 0 unspecified atom stereocenters. The molecule has 1 aromatic carbocycles. The van der Waals surface area contributed by atoms with Crippen LogP contribution in [0, 0.1) is 0 Å². The molecule has 0 amide bonds. The Bertz CT molecular complexity index is 667. The summed E-state index contributed by atoms with van der Waals surface area (Å²) in [6, 6.07) is 7.74. The quantitative estimate of drug-likeness (QED) is 0.829. The largest absolute Gasteiger partial charge is 0.389 e. The average molecular weight is 398 g/mol. The Balaban J connectivity index is 0.00000156. The molecule has 0 bridgehead atoms. The first-order chi connectivity index (χ1) is 11.0. The maximum absolute atomic E-state index is 12.8. The second-order valence-corrected chi connectivity index (χ2v) is 6.17. The summed E-state index contributed by atoms with van der Waals surface area (Å²) in [7, 11) is 1.95. The SMILES string of the molecule is Cl.Cl.Cn1cc([C@@H](CCC(F)(F)F)N2CCNCC2)c2ccccc21. The van der Waals surface area contributed by atoms with Crippen LogP contribution in [-0.2, 0) is 7.05 Å². The Labute approximate surface area is 158 Å². The molecule has 1 aliphatic heterocycles. The topological polar surface area (TPSA) is 20.2 Å². The average Bonchev–Trinajstić information content (AvgIpc) is 2.85. The number of hydrogen-bond acceptors (Lipinski definition) is 2. The summed E-state index contributed by atoms with van der Waals surface area (Å²) in [5.74, 6) is 0. The molecular weight excluding hydrogens is 374 g/mol. The van der Waals surface area contributed by atoms with E-state index in [-0.39, 0.29) is 37.3 Å². The normalized spacial score (nSPS) is 17.0. The van der Waals surface area contributed by atoms with Crippen molar-refractivity contribution in [2.24, 2.45) is 7.05 Å². The molecule has 0 aliphatic carbocycles. The molecule has 1 atom stereocenters. The molecule has 3 rings (SSSR count). The highest BCUT2D eigenvalue weighted by Crippen LogP contribution is 2.35. The number of piperazine rings is 1. The summed E-state index contributed by atoms with van der Waals surface area (Å²) in [5.41, 5.74) is 2.07. The predicted molar refractivity (Wildman–Crippen MR) is 99.9 cm³/mol. The van der Waals surface area contributed by atoms with Gasteiger partial charge in [0.2, 0.25) is 0 Å². The van der Waals surface area contributed by atoms with Gasteiger partial charge in [-0.25, -0.2) is 0 Å². The van der Waals surface area contributed by atoms with Gasteiger partial charge in [0, 0.05) is 62.8 Å². The maximum Gasteiger partial charge on any atom is 0.389 e. The van der Waals surface area contributed by atoms with E-state index in [1.807, 2.05) is 42.1 Å². The zero-order valence-corrected chi connectivity index (χ0v) is 15.7. The van der Waals surface area contributed by atoms with Gasteiger partial charge in [-0.3, -0.25) is 4.90 Å². The standard InChI is InChI=1S/C17H22F3N3.2ClH/c1-22-12-14(13-4-2-3-5-15(13)22)16(6-7-17(18,19)20)23-10-8-21-9-11-23;;/h2-5,12,16,21H,6-11H2,1H3;2*1H/t16-;;/m1../s1. The first-order valence-electron chi connectivity index (χ1n) is 8.01. The number of nitrogens with zero attached hydrogens (tertiary/aromatic N) is 2. The first-order valence-corrected chi connectivity index (χ1v) is 8.01. The Morgan fingerprint density at radius 1 is 1.12 bits per heavy atom. The number of nitrogens with one attached hydrogen (secondary N) is 1. The summed E-state index contributed by atoms with van der Waals surface area (Å²) >= 11 is 0. The van der Waals surface area contributed by atoms with E-state index in [2.05, 4.69) is 10.2 Å². The van der Waals surface area contributed by atoms with Gasteiger partial charge in [-0.1, -0.05) is 18.2 Å². The third-order valence-corrected chi connectivity index (χ3v) is 4.58. The van der Waals surface area contributed by atoms with Gasteiger partial charge >= 0.3 is 6.18 Å². The van der Waals surface area contributed by atoms with Crippen molar-refractivity contribution in [1.82, 2.24) is 14.8 Å². The summed E-state index contributed by atoms with van der Waals surface area (Å²) in [6.45, 7) is 3.22. The van der Waals surface area contributed by atoms with Gasteiger partial charge in [0.15, 0.2) is 0 Å². The van der Waals surface area contributed by atoms with Gasteiger partial charge in [0.05, 0.1) is 0 Å². The van der Waals surface area contributed by atoms with Crippen LogP contribution in [0.4, 0.5) is 13.2 Å². The molecule has 1 N–H and O–H groups in total. The molecule has 0 radical (unpaired) electrons. The highest BCUT2D eigenvalue weighted by molar-refractivity contribution is 5.86. The van der Waals surface area contributed by atoms with Gasteiger partial charge in [-0.2, -0.15) is 13.2 Å². The van der Waals surface area contributed by atoms with E-state index in [0.29, 0.717) is 0 Å². The van der Waals surface area contributed by atoms with E-state index in [1.54, 1.807) is 0 Å². The zero-order chi connectivity index (χ0) is 16.4. The van der Waals surface area contributed by atoms with Crippen molar-refractivity contribution in [1.29, 1.82) is 0 Å². The van der Waals surface area contributed by atoms with Gasteiger partial charge < -0.3 is 9.88 Å². The van der Waals surface area contributed by atoms with E-state index in [0.717, 1.165) is 42.6 Å². The van der Waals surface area contributed by atoms with E-state index in [1.165, 1.54) is 0 Å². The van der Waals surface area contributed by atoms with Gasteiger partial charge in [0.1, 0.15) is 0 Å². The van der Waals surface area contributed by atoms with Crippen molar-refractivity contribution in [2.45, 2.75) is 25.1 Å². The summed E-state index contributed by atoms with van der Waals surface area (Å²) in [6.07, 6.45) is -2.76. The molecule has 1 aromatic heterocycles. The fourth-order valence-electron chi connectivity index (χ4n) is 3.47. The number of benzene rings is 1. The number of fused-ring (bicyclic) bond motifs is 1. The first kappa shape index (κ1) is 22.1. The smallest absolute Gasteiger partial charge is 0.350 e. The molecule has 0 spiro atoms. The van der Waals surface area contributed by atoms with E-state index in [9.17, 15) is 13.2 Å². The zero-order valence-electron chi connectivity index (χ0n) is 14.1. The lowest BCUT2D eigenvalue weighted by molar-refractivity contribution is -0.138. The van der Waals surface area contributed by atoms with Crippen LogP contribution in [0.5, 0.6) is 0 Å². The van der Waals surface area contributed by atoms with Gasteiger partial charge in [-0.05, 0) is 18.1 Å². The third kappa shape index (κ3) is 5.26. The molecule has 142 valence electrons. The number of aryl methyl sites for hydroxylation is 1. The highest BCUT2D eigenvalue weighted by atomic mass is 35.5. The minimum Gasteiger partial charge on any atom is -0.350 e. The summed E-state index contributed by atoms with van der Waals surface area (Å²) < 4.78 is 40.4. The van der Waals surface area contributed by atoms with Crippen LogP contribution in [0.1, 0.15) is 24.4 Å². The summed E-state index contributed by atoms with van der Waals surface area (Å²) in [5, 5.41) is 4.32. The lowest BCUT2D eigenvalue weighted by Gasteiger charge is -2.35. The van der Waals surface area contributed by atoms with E-state index in [4.69, 9.17) is 0 Å². The fourth-order valence-corrected chi connectivity index (χ4v) is 3.47. The Morgan fingerprint density at radius 3 is 2.40 bits per heavy atom.